The normalized spacial score (nSPS) is 19.1. The second kappa shape index (κ2) is 9.01. The fourth-order valence-electron chi connectivity index (χ4n) is 4.12. The van der Waals surface area contributed by atoms with Crippen LogP contribution in [0.15, 0.2) is 10.9 Å². The molecule has 0 unspecified atom stereocenters. The number of hydrogen-bond donors (Lipinski definition) is 3. The van der Waals surface area contributed by atoms with Crippen LogP contribution in [-0.4, -0.2) is 63.3 Å². The van der Waals surface area contributed by atoms with Crippen LogP contribution < -0.4 is 15.4 Å². The van der Waals surface area contributed by atoms with E-state index in [1.54, 1.807) is 22.5 Å². The number of hydrogen-bond acceptors (Lipinski definition) is 5. The number of fused-ring (bicyclic) bond motifs is 1. The van der Waals surface area contributed by atoms with E-state index in [0.717, 1.165) is 12.8 Å². The van der Waals surface area contributed by atoms with Gasteiger partial charge in [0.05, 0.1) is 30.5 Å². The molecule has 178 valence electrons. The van der Waals surface area contributed by atoms with E-state index in [4.69, 9.17) is 4.74 Å². The van der Waals surface area contributed by atoms with E-state index >= 15 is 0 Å². The molecule has 0 bridgehead atoms. The van der Waals surface area contributed by atoms with Crippen LogP contribution in [0.1, 0.15) is 55.2 Å². The van der Waals surface area contributed by atoms with Gasteiger partial charge in [-0.1, -0.05) is 18.4 Å². The van der Waals surface area contributed by atoms with Crippen LogP contribution in [0.2, 0.25) is 0 Å². The number of aromatic hydroxyl groups is 1. The molecule has 3 heterocycles. The Kier molecular flexibility index (Phi) is 6.29. The number of amides is 2. The lowest BCUT2D eigenvalue weighted by atomic mass is 10.1. The van der Waals surface area contributed by atoms with Gasteiger partial charge in [-0.3, -0.25) is 9.59 Å². The molecule has 2 aromatic rings. The second-order valence-electron chi connectivity index (χ2n) is 9.36. The molecular weight excluding hydrogens is 426 g/mol. The lowest BCUT2D eigenvalue weighted by Gasteiger charge is -2.30. The topological polar surface area (TPSA) is 120 Å². The maximum atomic E-state index is 13.2. The van der Waals surface area contributed by atoms with Crippen LogP contribution in [0.4, 0.5) is 0 Å². The quantitative estimate of drug-likeness (QED) is 0.436. The van der Waals surface area contributed by atoms with Crippen LogP contribution in [0, 0.1) is 12.8 Å². The first kappa shape index (κ1) is 23.0. The van der Waals surface area contributed by atoms with E-state index in [0.29, 0.717) is 43.1 Å². The minimum atomic E-state index is -0.628. The van der Waals surface area contributed by atoms with Crippen LogP contribution in [0.3, 0.4) is 0 Å². The Morgan fingerprint density at radius 1 is 1.36 bits per heavy atom. The number of carbonyl (C=O) groups is 2. The lowest BCUT2D eigenvalue weighted by Crippen LogP contribution is -2.46. The van der Waals surface area contributed by atoms with E-state index in [1.165, 1.54) is 10.6 Å². The zero-order valence-corrected chi connectivity index (χ0v) is 19.6. The molecule has 2 fully saturated rings. The highest BCUT2D eigenvalue weighted by molar-refractivity contribution is 5.96. The zero-order valence-electron chi connectivity index (χ0n) is 19.6. The highest BCUT2D eigenvalue weighted by Crippen LogP contribution is 2.22. The Balaban J connectivity index is 1.79. The summed E-state index contributed by atoms with van der Waals surface area (Å²) >= 11 is 0. The first-order chi connectivity index (χ1) is 15.7. The number of rotatable bonds is 6. The summed E-state index contributed by atoms with van der Waals surface area (Å²) in [5, 5.41) is 16.8. The van der Waals surface area contributed by atoms with Gasteiger partial charge in [0.1, 0.15) is 0 Å². The van der Waals surface area contributed by atoms with Gasteiger partial charge < -0.3 is 20.1 Å². The van der Waals surface area contributed by atoms with Crippen LogP contribution in [0.25, 0.3) is 11.7 Å². The van der Waals surface area contributed by atoms with Gasteiger partial charge >= 0.3 is 17.1 Å². The number of nitrogens with one attached hydrogen (secondary N) is 2. The Morgan fingerprint density at radius 2 is 2.09 bits per heavy atom. The number of aromatic amines is 1. The van der Waals surface area contributed by atoms with Crippen LogP contribution in [0.5, 0.6) is 5.88 Å². The molecule has 1 aliphatic heterocycles. The Bertz CT molecular complexity index is 1170. The smallest absolute Gasteiger partial charge is 0.378 e. The third-order valence-corrected chi connectivity index (χ3v) is 5.92. The van der Waals surface area contributed by atoms with E-state index in [2.05, 4.69) is 10.4 Å². The summed E-state index contributed by atoms with van der Waals surface area (Å²) in [6.45, 7) is 9.59. The van der Waals surface area contributed by atoms with Gasteiger partial charge in [0.2, 0.25) is 11.5 Å². The summed E-state index contributed by atoms with van der Waals surface area (Å²) in [5.41, 5.74) is 0.744. The number of aryl methyl sites for hydroxylation is 1. The molecule has 0 radical (unpaired) electrons. The Hall–Kier alpha value is -3.14. The van der Waals surface area contributed by atoms with Crippen molar-refractivity contribution in [2.24, 2.45) is 5.92 Å². The standard InChI is InChI=1S/C23H31N5O5/c1-13(2)11-27-21-17(7-8-18(29)26-9-10-33-14(3)12-26)15(4)25-28(21)23(32)19(22(27)31)20(30)24-16-5-6-16/h7-8,13-14,16H,5-6,9-12H2,1-4H3,(H2,24,30,31,32)/p+1/b8-7+/t14-/m1/s1. The van der Waals surface area contributed by atoms with Crippen LogP contribution in [-0.2, 0) is 16.1 Å². The molecule has 0 spiro atoms. The first-order valence-electron chi connectivity index (χ1n) is 11.5. The summed E-state index contributed by atoms with van der Waals surface area (Å²) < 4.78 is 8.34. The van der Waals surface area contributed by atoms with Crippen molar-refractivity contribution in [1.82, 2.24) is 19.8 Å². The minimum absolute atomic E-state index is 0.0187. The zero-order chi connectivity index (χ0) is 23.9. The SMILES string of the molecule is Cc1[nH]n2c(=O)c(C(=O)NC3CC3)c(O)[n+](CC(C)C)c2c1/C=C/C(=O)N1CCO[C@H](C)C1. The highest BCUT2D eigenvalue weighted by atomic mass is 16.5. The van der Waals surface area contributed by atoms with Gasteiger partial charge in [-0.25, -0.2) is 9.89 Å². The summed E-state index contributed by atoms with van der Waals surface area (Å²) in [7, 11) is 0. The van der Waals surface area contributed by atoms with Crippen molar-refractivity contribution >= 4 is 23.5 Å². The first-order valence-corrected chi connectivity index (χ1v) is 11.5. The van der Waals surface area contributed by atoms with Crippen molar-refractivity contribution in [2.75, 3.05) is 19.7 Å². The number of H-pyrrole nitrogens is 1. The van der Waals surface area contributed by atoms with Gasteiger partial charge in [0.25, 0.3) is 5.91 Å². The van der Waals surface area contributed by atoms with Crippen molar-refractivity contribution in [3.63, 3.8) is 0 Å². The molecule has 0 aromatic carbocycles. The molecule has 10 heteroatoms. The average Bonchev–Trinajstić information content (AvgIpc) is 3.50. The van der Waals surface area contributed by atoms with Gasteiger partial charge in [-0.05, 0) is 38.7 Å². The predicted octanol–water partition coefficient (Wildman–Crippen LogP) is 0.738. The molecule has 1 atom stereocenters. The number of carbonyl (C=O) groups excluding carboxylic acids is 2. The van der Waals surface area contributed by atoms with Gasteiger partial charge in [0.15, 0.2) is 0 Å². The van der Waals surface area contributed by atoms with Crippen molar-refractivity contribution in [3.8, 4) is 5.88 Å². The minimum Gasteiger partial charge on any atom is -0.477 e. The lowest BCUT2D eigenvalue weighted by molar-refractivity contribution is -0.686. The third kappa shape index (κ3) is 4.66. The maximum absolute atomic E-state index is 13.2. The van der Waals surface area contributed by atoms with Gasteiger partial charge in [-0.2, -0.15) is 4.57 Å². The molecule has 10 nitrogen and oxygen atoms in total. The van der Waals surface area contributed by atoms with Crippen molar-refractivity contribution in [1.29, 1.82) is 0 Å². The maximum Gasteiger partial charge on any atom is 0.378 e. The fraction of sp³-hybridized carbons (Fsp3) is 0.565. The number of ether oxygens (including phenoxy) is 1. The molecule has 1 aliphatic carbocycles. The number of morpholine rings is 1. The molecule has 4 rings (SSSR count). The predicted molar refractivity (Wildman–Crippen MR) is 121 cm³/mol. The summed E-state index contributed by atoms with van der Waals surface area (Å²) in [6, 6.07) is 0.0494. The summed E-state index contributed by atoms with van der Waals surface area (Å²) in [5.74, 6) is -0.960. The van der Waals surface area contributed by atoms with E-state index < -0.39 is 11.5 Å². The van der Waals surface area contributed by atoms with Crippen molar-refractivity contribution in [2.45, 2.75) is 59.2 Å². The number of aromatic nitrogens is 3. The third-order valence-electron chi connectivity index (χ3n) is 5.92. The molecule has 1 saturated carbocycles. The summed E-state index contributed by atoms with van der Waals surface area (Å²) in [4.78, 5) is 40.4. The molecular formula is C23H32N5O5+. The highest BCUT2D eigenvalue weighted by Gasteiger charge is 2.35. The fourth-order valence-corrected chi connectivity index (χ4v) is 4.12. The van der Waals surface area contributed by atoms with E-state index in [-0.39, 0.29) is 35.4 Å². The molecule has 2 amide bonds. The molecule has 33 heavy (non-hydrogen) atoms. The molecule has 1 saturated heterocycles. The van der Waals surface area contributed by atoms with Gasteiger partial charge in [0, 0.05) is 25.2 Å². The van der Waals surface area contributed by atoms with Crippen LogP contribution >= 0.6 is 0 Å². The van der Waals surface area contributed by atoms with E-state index in [1.807, 2.05) is 20.8 Å². The molecule has 2 aliphatic rings. The van der Waals surface area contributed by atoms with E-state index in [9.17, 15) is 19.5 Å². The second-order valence-corrected chi connectivity index (χ2v) is 9.36. The molecule has 2 aromatic heterocycles. The Morgan fingerprint density at radius 3 is 2.73 bits per heavy atom. The Labute approximate surface area is 191 Å². The largest absolute Gasteiger partial charge is 0.477 e. The van der Waals surface area contributed by atoms with Crippen molar-refractivity contribution < 1.29 is 24.0 Å². The molecule has 3 N–H and O–H groups in total. The average molecular weight is 459 g/mol. The summed E-state index contributed by atoms with van der Waals surface area (Å²) in [6.07, 6.45) is 4.85. The monoisotopic (exact) mass is 458 g/mol. The van der Waals surface area contributed by atoms with Crippen molar-refractivity contribution in [3.05, 3.63) is 33.3 Å². The number of nitrogens with zero attached hydrogens (tertiary/aromatic N) is 3. The van der Waals surface area contributed by atoms with Gasteiger partial charge in [-0.15, -0.1) is 0 Å².